The second kappa shape index (κ2) is 8.93. The Morgan fingerprint density at radius 3 is 2.42 bits per heavy atom. The van der Waals surface area contributed by atoms with Crippen LogP contribution in [0.4, 0.5) is 10.1 Å². The lowest BCUT2D eigenvalue weighted by Gasteiger charge is -2.34. The number of benzene rings is 2. The largest absolute Gasteiger partial charge is 0.349 e. The molecule has 0 aliphatic heterocycles. The lowest BCUT2D eigenvalue weighted by Crippen LogP contribution is -2.50. The van der Waals surface area contributed by atoms with E-state index >= 15 is 0 Å². The third-order valence-corrected chi connectivity index (χ3v) is 5.12. The molecule has 0 spiro atoms. The zero-order chi connectivity index (χ0) is 22.8. The molecule has 1 atom stereocenters. The highest BCUT2D eigenvalue weighted by Crippen LogP contribution is 2.33. The van der Waals surface area contributed by atoms with Crippen molar-refractivity contribution >= 4 is 29.0 Å². The van der Waals surface area contributed by atoms with Gasteiger partial charge in [0.2, 0.25) is 5.91 Å². The maximum Gasteiger partial charge on any atom is 0.280 e. The third-order valence-electron chi connectivity index (χ3n) is 4.61. The molecular formula is C23H25FN4O2S. The molecule has 2 amide bonds. The van der Waals surface area contributed by atoms with Crippen molar-refractivity contribution < 1.29 is 14.0 Å². The van der Waals surface area contributed by atoms with Crippen LogP contribution in [0.25, 0.3) is 0 Å². The predicted octanol–water partition coefficient (Wildman–Crippen LogP) is 4.60. The number of anilines is 1. The minimum Gasteiger partial charge on any atom is -0.349 e. The number of rotatable bonds is 5. The molecule has 1 heterocycles. The third kappa shape index (κ3) is 5.14. The Hall–Kier alpha value is -3.13. The van der Waals surface area contributed by atoms with Gasteiger partial charge in [-0.25, -0.2) is 4.39 Å². The van der Waals surface area contributed by atoms with Gasteiger partial charge in [0.05, 0.1) is 0 Å². The molecule has 3 aromatic rings. The van der Waals surface area contributed by atoms with E-state index in [1.807, 2.05) is 46.8 Å². The summed E-state index contributed by atoms with van der Waals surface area (Å²) in [6.07, 6.45) is 0. The average Bonchev–Trinajstić information content (AvgIpc) is 3.20. The van der Waals surface area contributed by atoms with Gasteiger partial charge in [-0.15, -0.1) is 5.10 Å². The second-order valence-electron chi connectivity index (χ2n) is 8.42. The van der Waals surface area contributed by atoms with Crippen molar-refractivity contribution in [2.75, 3.05) is 4.90 Å². The molecular weight excluding hydrogens is 415 g/mol. The fourth-order valence-electron chi connectivity index (χ4n) is 3.36. The first-order valence-electron chi connectivity index (χ1n) is 9.83. The Morgan fingerprint density at radius 1 is 1.13 bits per heavy atom. The van der Waals surface area contributed by atoms with Gasteiger partial charge in [-0.1, -0.05) is 40.4 Å². The van der Waals surface area contributed by atoms with Crippen molar-refractivity contribution in [2.45, 2.75) is 46.2 Å². The first kappa shape index (κ1) is 22.6. The lowest BCUT2D eigenvalue weighted by molar-refractivity contribution is -0.124. The molecule has 0 saturated carbocycles. The summed E-state index contributed by atoms with van der Waals surface area (Å²) in [7, 11) is 0. The number of carbonyl (C=O) groups excluding carboxylic acids is 2. The smallest absolute Gasteiger partial charge is 0.280 e. The van der Waals surface area contributed by atoms with Crippen LogP contribution >= 0.6 is 11.5 Å². The van der Waals surface area contributed by atoms with Crippen LogP contribution in [0.2, 0.25) is 0 Å². The molecule has 0 fully saturated rings. The molecule has 0 aliphatic rings. The number of hydrogen-bond acceptors (Lipinski definition) is 5. The number of aryl methyl sites for hydroxylation is 2. The Kier molecular flexibility index (Phi) is 6.50. The van der Waals surface area contributed by atoms with Crippen molar-refractivity contribution in [3.05, 3.63) is 76.0 Å². The summed E-state index contributed by atoms with van der Waals surface area (Å²) in [6.45, 7) is 9.28. The first-order chi connectivity index (χ1) is 14.6. The van der Waals surface area contributed by atoms with Crippen LogP contribution in [0, 0.1) is 19.7 Å². The minimum atomic E-state index is -1.24. The zero-order valence-electron chi connectivity index (χ0n) is 18.1. The number of halogens is 1. The van der Waals surface area contributed by atoms with Crippen LogP contribution < -0.4 is 10.2 Å². The lowest BCUT2D eigenvalue weighted by atomic mass is 9.98. The summed E-state index contributed by atoms with van der Waals surface area (Å²) in [4.78, 5) is 28.4. The van der Waals surface area contributed by atoms with Gasteiger partial charge in [0.25, 0.3) is 5.91 Å². The van der Waals surface area contributed by atoms with E-state index in [-0.39, 0.29) is 11.3 Å². The van der Waals surface area contributed by atoms with E-state index in [9.17, 15) is 14.0 Å². The summed E-state index contributed by atoms with van der Waals surface area (Å²) in [6, 6.07) is 10.3. The van der Waals surface area contributed by atoms with Crippen LogP contribution in [0.3, 0.4) is 0 Å². The van der Waals surface area contributed by atoms with E-state index in [4.69, 9.17) is 0 Å². The van der Waals surface area contributed by atoms with Crippen LogP contribution in [-0.4, -0.2) is 26.9 Å². The maximum atomic E-state index is 14.9. The summed E-state index contributed by atoms with van der Waals surface area (Å²) in [5, 5.41) is 8.30. The van der Waals surface area contributed by atoms with Gasteiger partial charge >= 0.3 is 0 Å². The molecule has 3 rings (SSSR count). The van der Waals surface area contributed by atoms with Gasteiger partial charge < -0.3 is 5.32 Å². The molecule has 1 N–H and O–H groups in total. The van der Waals surface area contributed by atoms with Gasteiger partial charge in [0.1, 0.15) is 11.9 Å². The molecule has 1 aromatic heterocycles. The number of nitrogens with one attached hydrogen (secondary N) is 1. The summed E-state index contributed by atoms with van der Waals surface area (Å²) in [5.41, 5.74) is 1.89. The summed E-state index contributed by atoms with van der Waals surface area (Å²) in [5.74, 6) is -1.59. The average molecular weight is 441 g/mol. The Bertz CT molecular complexity index is 1090. The number of carbonyl (C=O) groups is 2. The standard InChI is InChI=1S/C23H25FN4O2S/c1-14-10-11-19(15(2)12-14)28(22(30)18-13-31-27-26-18)20(21(29)25-23(3,4)5)16-8-6-7-9-17(16)24/h6-13,20H,1-5H3,(H,25,29)/t20-/m0/s1. The van der Waals surface area contributed by atoms with Crippen molar-refractivity contribution in [1.82, 2.24) is 14.9 Å². The molecule has 0 aliphatic carbocycles. The monoisotopic (exact) mass is 440 g/mol. The molecule has 8 heteroatoms. The highest BCUT2D eigenvalue weighted by atomic mass is 32.1. The van der Waals surface area contributed by atoms with Gasteiger partial charge in [-0.05, 0) is 63.8 Å². The zero-order valence-corrected chi connectivity index (χ0v) is 19.0. The van der Waals surface area contributed by atoms with Gasteiger partial charge in [-0.2, -0.15) is 0 Å². The van der Waals surface area contributed by atoms with Crippen molar-refractivity contribution in [2.24, 2.45) is 0 Å². The normalized spacial score (nSPS) is 12.3. The van der Waals surface area contributed by atoms with E-state index in [0.29, 0.717) is 5.69 Å². The van der Waals surface area contributed by atoms with Crippen LogP contribution in [0.15, 0.2) is 47.8 Å². The summed E-state index contributed by atoms with van der Waals surface area (Å²) < 4.78 is 18.7. The number of hydrogen-bond donors (Lipinski definition) is 1. The highest BCUT2D eigenvalue weighted by molar-refractivity contribution is 7.03. The van der Waals surface area contributed by atoms with Crippen LogP contribution in [0.5, 0.6) is 0 Å². The minimum absolute atomic E-state index is 0.0925. The number of nitrogens with zero attached hydrogens (tertiary/aromatic N) is 3. The molecule has 6 nitrogen and oxygen atoms in total. The van der Waals surface area contributed by atoms with Crippen molar-refractivity contribution in [3.8, 4) is 0 Å². The van der Waals surface area contributed by atoms with E-state index in [1.54, 1.807) is 18.2 Å². The van der Waals surface area contributed by atoms with Gasteiger partial charge in [-0.3, -0.25) is 14.5 Å². The molecule has 162 valence electrons. The number of aromatic nitrogens is 2. The fourth-order valence-corrected chi connectivity index (χ4v) is 3.79. The topological polar surface area (TPSA) is 75.2 Å². The molecule has 0 unspecified atom stereocenters. The van der Waals surface area contributed by atoms with Crippen molar-refractivity contribution in [1.29, 1.82) is 0 Å². The van der Waals surface area contributed by atoms with E-state index in [1.165, 1.54) is 22.4 Å². The Labute approximate surface area is 185 Å². The molecule has 31 heavy (non-hydrogen) atoms. The van der Waals surface area contributed by atoms with Gasteiger partial charge in [0.15, 0.2) is 5.69 Å². The first-order valence-corrected chi connectivity index (χ1v) is 10.7. The Morgan fingerprint density at radius 2 is 1.84 bits per heavy atom. The quantitative estimate of drug-likeness (QED) is 0.629. The maximum absolute atomic E-state index is 14.9. The van der Waals surface area contributed by atoms with E-state index < -0.39 is 29.2 Å². The fraction of sp³-hybridized carbons (Fsp3) is 0.304. The number of amides is 2. The molecule has 0 radical (unpaired) electrons. The van der Waals surface area contributed by atoms with Crippen molar-refractivity contribution in [3.63, 3.8) is 0 Å². The van der Waals surface area contributed by atoms with Crippen LogP contribution in [0.1, 0.15) is 54.0 Å². The Balaban J connectivity index is 2.25. The second-order valence-corrected chi connectivity index (χ2v) is 9.03. The highest BCUT2D eigenvalue weighted by Gasteiger charge is 2.37. The predicted molar refractivity (Wildman–Crippen MR) is 120 cm³/mol. The molecule has 0 saturated heterocycles. The van der Waals surface area contributed by atoms with E-state index in [0.717, 1.165) is 22.7 Å². The summed E-state index contributed by atoms with van der Waals surface area (Å²) >= 11 is 1.03. The molecule has 0 bridgehead atoms. The van der Waals surface area contributed by atoms with Gasteiger partial charge in [0, 0.05) is 22.2 Å². The molecule has 2 aromatic carbocycles. The van der Waals surface area contributed by atoms with E-state index in [2.05, 4.69) is 14.9 Å². The van der Waals surface area contributed by atoms with Crippen LogP contribution in [-0.2, 0) is 4.79 Å². The SMILES string of the molecule is Cc1ccc(N(C(=O)c2csnn2)[C@H](C(=O)NC(C)(C)C)c2ccccc2F)c(C)c1.